The van der Waals surface area contributed by atoms with Crippen LogP contribution in [0.25, 0.3) is 65.4 Å². The van der Waals surface area contributed by atoms with Crippen molar-refractivity contribution in [3.05, 3.63) is 72.8 Å². The Labute approximate surface area is 153 Å². The van der Waals surface area contributed by atoms with Gasteiger partial charge < -0.3 is 15.0 Å². The standard InChI is InChI=1S/C24H15N3/c1-3-7-17-13(5-1)14-9-11-20-22(23(14)26-17)16-10-12-19-21(24(16)27-20)15-6-2-4-8-18(15)25-19/h1-12,25-27H. The lowest BCUT2D eigenvalue weighted by Gasteiger charge is -1.96. The van der Waals surface area contributed by atoms with Gasteiger partial charge in [-0.3, -0.25) is 0 Å². The van der Waals surface area contributed by atoms with Crippen molar-refractivity contribution in [1.29, 1.82) is 0 Å². The first-order valence-electron chi connectivity index (χ1n) is 9.23. The fourth-order valence-corrected chi connectivity index (χ4v) is 4.72. The maximum absolute atomic E-state index is 3.70. The Kier molecular flexibility index (Phi) is 2.25. The van der Waals surface area contributed by atoms with E-state index in [2.05, 4.69) is 87.7 Å². The summed E-state index contributed by atoms with van der Waals surface area (Å²) in [5, 5.41) is 7.61. The van der Waals surface area contributed by atoms with Crippen LogP contribution < -0.4 is 0 Å². The van der Waals surface area contributed by atoms with Gasteiger partial charge in [0.05, 0.1) is 11.0 Å². The molecule has 0 unspecified atom stereocenters. The van der Waals surface area contributed by atoms with E-state index in [1.165, 1.54) is 65.4 Å². The average Bonchev–Trinajstić information content (AvgIpc) is 3.37. The number of hydrogen-bond donors (Lipinski definition) is 3. The Hall–Kier alpha value is -3.72. The highest BCUT2D eigenvalue weighted by molar-refractivity contribution is 6.30. The van der Waals surface area contributed by atoms with E-state index in [0.717, 1.165) is 0 Å². The Balaban J connectivity index is 1.77. The van der Waals surface area contributed by atoms with Crippen molar-refractivity contribution in [3.8, 4) is 0 Å². The van der Waals surface area contributed by atoms with Crippen LogP contribution in [-0.4, -0.2) is 15.0 Å². The van der Waals surface area contributed by atoms with Crippen molar-refractivity contribution >= 4 is 65.4 Å². The molecule has 3 heteroatoms. The van der Waals surface area contributed by atoms with Gasteiger partial charge in [-0.2, -0.15) is 0 Å². The minimum Gasteiger partial charge on any atom is -0.354 e. The molecule has 3 nitrogen and oxygen atoms in total. The van der Waals surface area contributed by atoms with Gasteiger partial charge in [0.2, 0.25) is 0 Å². The number of hydrogen-bond acceptors (Lipinski definition) is 0. The zero-order valence-corrected chi connectivity index (χ0v) is 14.4. The van der Waals surface area contributed by atoms with E-state index in [0.29, 0.717) is 0 Å². The van der Waals surface area contributed by atoms with Crippen LogP contribution in [0.5, 0.6) is 0 Å². The second-order valence-electron chi connectivity index (χ2n) is 7.29. The van der Waals surface area contributed by atoms with Crippen molar-refractivity contribution < 1.29 is 0 Å². The molecule has 3 heterocycles. The number of rotatable bonds is 0. The van der Waals surface area contributed by atoms with Gasteiger partial charge in [0.25, 0.3) is 0 Å². The molecule has 126 valence electrons. The zero-order chi connectivity index (χ0) is 17.5. The Bertz CT molecular complexity index is 1670. The van der Waals surface area contributed by atoms with Crippen molar-refractivity contribution in [2.45, 2.75) is 0 Å². The number of para-hydroxylation sites is 2. The summed E-state index contributed by atoms with van der Waals surface area (Å²) in [5.74, 6) is 0. The Morgan fingerprint density at radius 2 is 0.926 bits per heavy atom. The number of nitrogens with one attached hydrogen (secondary N) is 3. The molecule has 3 N–H and O–H groups in total. The summed E-state index contributed by atoms with van der Waals surface area (Å²) >= 11 is 0. The molecule has 7 rings (SSSR count). The molecule has 0 saturated carbocycles. The lowest BCUT2D eigenvalue weighted by atomic mass is 10.1. The van der Waals surface area contributed by atoms with Crippen molar-refractivity contribution in [2.75, 3.05) is 0 Å². The maximum atomic E-state index is 3.70. The molecule has 0 aliphatic carbocycles. The van der Waals surface area contributed by atoms with Crippen LogP contribution in [0.1, 0.15) is 0 Å². The molecule has 0 atom stereocenters. The molecule has 0 amide bonds. The van der Waals surface area contributed by atoms with Crippen LogP contribution in [0.3, 0.4) is 0 Å². The lowest BCUT2D eigenvalue weighted by Crippen LogP contribution is -1.73. The van der Waals surface area contributed by atoms with Crippen LogP contribution in [0.2, 0.25) is 0 Å². The van der Waals surface area contributed by atoms with E-state index in [1.807, 2.05) is 0 Å². The first kappa shape index (κ1) is 13.5. The van der Waals surface area contributed by atoms with E-state index in [-0.39, 0.29) is 0 Å². The summed E-state index contributed by atoms with van der Waals surface area (Å²) in [6, 6.07) is 25.9. The van der Waals surface area contributed by atoms with Gasteiger partial charge in [-0.15, -0.1) is 0 Å². The smallest absolute Gasteiger partial charge is 0.0567 e. The van der Waals surface area contributed by atoms with Gasteiger partial charge in [-0.1, -0.05) is 48.5 Å². The fourth-order valence-electron chi connectivity index (χ4n) is 4.72. The van der Waals surface area contributed by atoms with E-state index in [1.54, 1.807) is 0 Å². The number of benzene rings is 4. The minimum atomic E-state index is 1.17. The monoisotopic (exact) mass is 345 g/mol. The molecule has 4 aromatic carbocycles. The van der Waals surface area contributed by atoms with E-state index in [9.17, 15) is 0 Å². The predicted molar refractivity (Wildman–Crippen MR) is 115 cm³/mol. The first-order valence-corrected chi connectivity index (χ1v) is 9.23. The number of H-pyrrole nitrogens is 3. The third-order valence-corrected chi connectivity index (χ3v) is 5.88. The Morgan fingerprint density at radius 1 is 0.370 bits per heavy atom. The highest BCUT2D eigenvalue weighted by atomic mass is 14.8. The van der Waals surface area contributed by atoms with Gasteiger partial charge in [0.1, 0.15) is 0 Å². The minimum absolute atomic E-state index is 1.17. The number of aromatic amines is 3. The number of aromatic nitrogens is 3. The molecular formula is C24H15N3. The highest BCUT2D eigenvalue weighted by Crippen LogP contribution is 2.39. The summed E-state index contributed by atoms with van der Waals surface area (Å²) < 4.78 is 0. The van der Waals surface area contributed by atoms with Crippen LogP contribution >= 0.6 is 0 Å². The molecule has 0 saturated heterocycles. The van der Waals surface area contributed by atoms with Gasteiger partial charge in [0.15, 0.2) is 0 Å². The van der Waals surface area contributed by atoms with Gasteiger partial charge in [-0.05, 0) is 24.3 Å². The second kappa shape index (κ2) is 4.51. The zero-order valence-electron chi connectivity index (χ0n) is 14.4. The van der Waals surface area contributed by atoms with E-state index >= 15 is 0 Å². The van der Waals surface area contributed by atoms with Gasteiger partial charge in [-0.25, -0.2) is 0 Å². The fraction of sp³-hybridized carbons (Fsp3) is 0. The summed E-state index contributed by atoms with van der Waals surface area (Å²) in [4.78, 5) is 10.9. The van der Waals surface area contributed by atoms with Crippen LogP contribution in [0.4, 0.5) is 0 Å². The maximum Gasteiger partial charge on any atom is 0.0567 e. The summed E-state index contributed by atoms with van der Waals surface area (Å²) in [7, 11) is 0. The highest BCUT2D eigenvalue weighted by Gasteiger charge is 2.15. The molecule has 27 heavy (non-hydrogen) atoms. The topological polar surface area (TPSA) is 47.4 Å². The van der Waals surface area contributed by atoms with Crippen molar-refractivity contribution in [2.24, 2.45) is 0 Å². The summed E-state index contributed by atoms with van der Waals surface area (Å²) in [6.07, 6.45) is 0. The molecule has 7 aromatic rings. The van der Waals surface area contributed by atoms with E-state index < -0.39 is 0 Å². The van der Waals surface area contributed by atoms with Crippen molar-refractivity contribution in [1.82, 2.24) is 15.0 Å². The molecule has 0 fully saturated rings. The third-order valence-electron chi connectivity index (χ3n) is 5.88. The quantitative estimate of drug-likeness (QED) is 0.278. The Morgan fingerprint density at radius 3 is 1.78 bits per heavy atom. The second-order valence-corrected chi connectivity index (χ2v) is 7.29. The van der Waals surface area contributed by atoms with Gasteiger partial charge >= 0.3 is 0 Å². The largest absolute Gasteiger partial charge is 0.354 e. The van der Waals surface area contributed by atoms with Crippen LogP contribution in [0, 0.1) is 0 Å². The summed E-state index contributed by atoms with van der Waals surface area (Å²) in [5.41, 5.74) is 7.10. The molecule has 3 aromatic heterocycles. The summed E-state index contributed by atoms with van der Waals surface area (Å²) in [6.45, 7) is 0. The average molecular weight is 345 g/mol. The van der Waals surface area contributed by atoms with Gasteiger partial charge in [0, 0.05) is 54.4 Å². The van der Waals surface area contributed by atoms with Crippen LogP contribution in [0.15, 0.2) is 72.8 Å². The third kappa shape index (κ3) is 1.57. The molecular weight excluding hydrogens is 330 g/mol. The SMILES string of the molecule is c1ccc2c(c1)[nH]c1c2ccc2[nH]c3c(ccc4[nH]c5ccccc5c43)c21. The first-order chi connectivity index (χ1) is 13.4. The number of fused-ring (bicyclic) bond motifs is 11. The normalized spacial score (nSPS) is 12.4. The van der Waals surface area contributed by atoms with Crippen LogP contribution in [-0.2, 0) is 0 Å². The lowest BCUT2D eigenvalue weighted by molar-refractivity contribution is 1.54. The molecule has 0 bridgehead atoms. The molecule has 0 aliphatic rings. The van der Waals surface area contributed by atoms with Crippen molar-refractivity contribution in [3.63, 3.8) is 0 Å². The molecule has 0 radical (unpaired) electrons. The molecule has 0 spiro atoms. The molecule has 0 aliphatic heterocycles. The predicted octanol–water partition coefficient (Wildman–Crippen LogP) is 6.59. The van der Waals surface area contributed by atoms with E-state index in [4.69, 9.17) is 0 Å².